The molecule has 1 heterocycles. The van der Waals surface area contributed by atoms with Gasteiger partial charge in [0.25, 0.3) is 5.91 Å². The van der Waals surface area contributed by atoms with Crippen LogP contribution in [-0.4, -0.2) is 28.7 Å². The highest BCUT2D eigenvalue weighted by Gasteiger charge is 2.30. The number of hydrogen-bond acceptors (Lipinski definition) is 6. The van der Waals surface area contributed by atoms with Crippen molar-refractivity contribution < 1.29 is 31.8 Å². The van der Waals surface area contributed by atoms with Gasteiger partial charge in [0.05, 0.1) is 10.6 Å². The number of rotatable bonds is 11. The molecular formula is C33H25Cl2F2N3O5S. The summed E-state index contributed by atoms with van der Waals surface area (Å²) in [5.74, 6) is -1.41. The zero-order valence-electron chi connectivity index (χ0n) is 23.8. The van der Waals surface area contributed by atoms with Crippen LogP contribution in [-0.2, 0) is 29.7 Å². The monoisotopic (exact) mass is 683 g/mol. The summed E-state index contributed by atoms with van der Waals surface area (Å²) in [7, 11) is -4.47. The second-order valence-corrected chi connectivity index (χ2v) is 12.8. The molecule has 4 aromatic carbocycles. The van der Waals surface area contributed by atoms with Gasteiger partial charge < -0.3 is 15.2 Å². The highest BCUT2D eigenvalue weighted by atomic mass is 35.5. The lowest BCUT2D eigenvalue weighted by Crippen LogP contribution is -2.30. The number of sulfonamides is 1. The smallest absolute Gasteiger partial charge is 0.253 e. The molecule has 46 heavy (non-hydrogen) atoms. The quantitative estimate of drug-likeness (QED) is 0.149. The molecule has 0 unspecified atom stereocenters. The van der Waals surface area contributed by atoms with Crippen molar-refractivity contribution >= 4 is 39.1 Å². The number of phenols is 1. The number of nitrogens with one attached hydrogen (secondary N) is 1. The summed E-state index contributed by atoms with van der Waals surface area (Å²) in [6, 6.07) is 21.1. The van der Waals surface area contributed by atoms with Crippen LogP contribution in [0.5, 0.6) is 17.2 Å². The summed E-state index contributed by atoms with van der Waals surface area (Å²) in [6.07, 6.45) is 2.96. The first-order valence-electron chi connectivity index (χ1n) is 13.6. The van der Waals surface area contributed by atoms with Gasteiger partial charge in [-0.15, -0.1) is 0 Å². The van der Waals surface area contributed by atoms with Crippen LogP contribution in [0.2, 0.25) is 10.0 Å². The van der Waals surface area contributed by atoms with Crippen molar-refractivity contribution in [2.45, 2.75) is 24.5 Å². The number of halogens is 4. The standard InChI is InChI=1S/C33H25Cl2F2N3O5S/c34-25-15-30(35)32(41)31(16-25)46(43,44)40(19-21-3-5-26(36)6-4-21)20-23-12-22(17-39-33(42)24-2-1-11-38-18-24)13-29(14-23)45-28-9-7-27(37)8-10-28/h1-16,18,41H,17,19-20H2,(H,39,42). The molecule has 1 amide bonds. The third-order valence-electron chi connectivity index (χ3n) is 6.69. The Morgan fingerprint density at radius 2 is 1.50 bits per heavy atom. The molecule has 8 nitrogen and oxygen atoms in total. The van der Waals surface area contributed by atoms with Crippen LogP contribution >= 0.6 is 23.2 Å². The number of carbonyl (C=O) groups is 1. The highest BCUT2D eigenvalue weighted by Crippen LogP contribution is 2.37. The van der Waals surface area contributed by atoms with Crippen LogP contribution in [0.15, 0.2) is 108 Å². The highest BCUT2D eigenvalue weighted by molar-refractivity contribution is 7.89. The third kappa shape index (κ3) is 8.18. The minimum atomic E-state index is -4.47. The minimum Gasteiger partial charge on any atom is -0.505 e. The van der Waals surface area contributed by atoms with Crippen molar-refractivity contribution in [2.75, 3.05) is 0 Å². The Labute approximate surface area is 273 Å². The fourth-order valence-electron chi connectivity index (χ4n) is 4.50. The molecule has 0 saturated carbocycles. The van der Waals surface area contributed by atoms with Gasteiger partial charge in [-0.05, 0) is 89.5 Å². The van der Waals surface area contributed by atoms with E-state index in [0.717, 1.165) is 10.4 Å². The first-order valence-corrected chi connectivity index (χ1v) is 15.8. The molecule has 0 bridgehead atoms. The summed E-state index contributed by atoms with van der Waals surface area (Å²) < 4.78 is 62.3. The van der Waals surface area contributed by atoms with Crippen LogP contribution in [0, 0.1) is 11.6 Å². The second-order valence-electron chi connectivity index (χ2n) is 10.1. The molecule has 0 saturated heterocycles. The van der Waals surface area contributed by atoms with Crippen molar-refractivity contribution in [1.29, 1.82) is 0 Å². The minimum absolute atomic E-state index is 0.00977. The predicted molar refractivity (Wildman–Crippen MR) is 169 cm³/mol. The number of phenolic OH excluding ortho intramolecular Hbond substituents is 1. The van der Waals surface area contributed by atoms with E-state index in [1.165, 1.54) is 60.8 Å². The molecule has 0 aliphatic heterocycles. The summed E-state index contributed by atoms with van der Waals surface area (Å²) >= 11 is 12.2. The molecule has 236 valence electrons. The van der Waals surface area contributed by atoms with E-state index in [1.807, 2.05) is 0 Å². The fraction of sp³-hybridized carbons (Fsp3) is 0.0909. The summed E-state index contributed by atoms with van der Waals surface area (Å²) in [4.78, 5) is 16.1. The summed E-state index contributed by atoms with van der Waals surface area (Å²) in [6.45, 7) is -0.438. The zero-order chi connectivity index (χ0) is 32.8. The molecule has 0 radical (unpaired) electrons. The Morgan fingerprint density at radius 1 is 0.848 bits per heavy atom. The van der Waals surface area contributed by atoms with Gasteiger partial charge in [0.15, 0.2) is 5.75 Å². The molecule has 0 fully saturated rings. The molecule has 0 spiro atoms. The molecule has 0 aliphatic rings. The first kappa shape index (κ1) is 32.8. The number of pyridine rings is 1. The van der Waals surface area contributed by atoms with Crippen molar-refractivity contribution in [3.63, 3.8) is 0 Å². The van der Waals surface area contributed by atoms with Crippen molar-refractivity contribution in [3.8, 4) is 17.2 Å². The van der Waals surface area contributed by atoms with Crippen LogP contribution < -0.4 is 10.1 Å². The number of ether oxygens (including phenoxy) is 1. The Balaban J connectivity index is 1.53. The third-order valence-corrected chi connectivity index (χ3v) is 9.01. The lowest BCUT2D eigenvalue weighted by atomic mass is 10.1. The lowest BCUT2D eigenvalue weighted by molar-refractivity contribution is 0.0950. The number of benzene rings is 4. The van der Waals surface area contributed by atoms with Gasteiger partial charge in [0.2, 0.25) is 10.0 Å². The Morgan fingerprint density at radius 3 is 2.17 bits per heavy atom. The number of aromatic hydroxyl groups is 1. The average Bonchev–Trinajstić information content (AvgIpc) is 3.03. The predicted octanol–water partition coefficient (Wildman–Crippen LogP) is 7.49. The maximum absolute atomic E-state index is 14.0. The number of amides is 1. The van der Waals surface area contributed by atoms with E-state index in [1.54, 1.807) is 36.5 Å². The maximum atomic E-state index is 14.0. The average molecular weight is 685 g/mol. The molecule has 2 N–H and O–H groups in total. The fourth-order valence-corrected chi connectivity index (χ4v) is 6.66. The molecule has 5 aromatic rings. The van der Waals surface area contributed by atoms with E-state index in [9.17, 15) is 27.1 Å². The summed E-state index contributed by atoms with van der Waals surface area (Å²) in [5.41, 5.74) is 1.79. The van der Waals surface area contributed by atoms with E-state index in [4.69, 9.17) is 27.9 Å². The maximum Gasteiger partial charge on any atom is 0.253 e. The van der Waals surface area contributed by atoms with Crippen molar-refractivity contribution in [1.82, 2.24) is 14.6 Å². The van der Waals surface area contributed by atoms with Gasteiger partial charge in [0.1, 0.15) is 28.0 Å². The van der Waals surface area contributed by atoms with Gasteiger partial charge in [-0.25, -0.2) is 17.2 Å². The van der Waals surface area contributed by atoms with Gasteiger partial charge >= 0.3 is 0 Å². The number of nitrogens with zero attached hydrogens (tertiary/aromatic N) is 2. The Hall–Kier alpha value is -4.55. The molecular weight excluding hydrogens is 659 g/mol. The summed E-state index contributed by atoms with van der Waals surface area (Å²) in [5, 5.41) is 13.2. The molecule has 1 aromatic heterocycles. The van der Waals surface area contributed by atoms with Crippen molar-refractivity contribution in [2.24, 2.45) is 0 Å². The van der Waals surface area contributed by atoms with E-state index in [-0.39, 0.29) is 41.3 Å². The molecule has 13 heteroatoms. The van der Waals surface area contributed by atoms with E-state index in [0.29, 0.717) is 28.0 Å². The SMILES string of the molecule is O=C(NCc1cc(CN(Cc2ccc(F)cc2)S(=O)(=O)c2cc(Cl)cc(Cl)c2O)cc(Oc2ccc(F)cc2)c1)c1cccnc1. The van der Waals surface area contributed by atoms with Gasteiger partial charge in [-0.2, -0.15) is 4.31 Å². The van der Waals surface area contributed by atoms with Gasteiger partial charge in [-0.1, -0.05) is 41.4 Å². The van der Waals surface area contributed by atoms with E-state index >= 15 is 0 Å². The van der Waals surface area contributed by atoms with Crippen molar-refractivity contribution in [3.05, 3.63) is 147 Å². The van der Waals surface area contributed by atoms with Crippen LogP contribution in [0.3, 0.4) is 0 Å². The molecule has 0 aliphatic carbocycles. The normalized spacial score (nSPS) is 11.4. The number of carbonyl (C=O) groups excluding carboxylic acids is 1. The Kier molecular flexibility index (Phi) is 10.2. The Bertz CT molecular complexity index is 1970. The van der Waals surface area contributed by atoms with Crippen LogP contribution in [0.25, 0.3) is 0 Å². The second kappa shape index (κ2) is 14.3. The first-order chi connectivity index (χ1) is 22.0. The van der Waals surface area contributed by atoms with E-state index in [2.05, 4.69) is 10.3 Å². The van der Waals surface area contributed by atoms with E-state index < -0.39 is 32.3 Å². The van der Waals surface area contributed by atoms with Gasteiger partial charge in [0, 0.05) is 37.1 Å². The number of aromatic nitrogens is 1. The largest absolute Gasteiger partial charge is 0.505 e. The topological polar surface area (TPSA) is 109 Å². The molecule has 0 atom stereocenters. The van der Waals surface area contributed by atoms with Gasteiger partial charge in [-0.3, -0.25) is 9.78 Å². The molecule has 5 rings (SSSR count). The zero-order valence-corrected chi connectivity index (χ0v) is 26.2. The van der Waals surface area contributed by atoms with Crippen LogP contribution in [0.1, 0.15) is 27.0 Å². The van der Waals surface area contributed by atoms with Crippen LogP contribution in [0.4, 0.5) is 8.78 Å². The number of hydrogen-bond donors (Lipinski definition) is 2. The lowest BCUT2D eigenvalue weighted by Gasteiger charge is -2.24.